The minimum atomic E-state index is -0.446. The predicted molar refractivity (Wildman–Crippen MR) is 61.9 cm³/mol. The highest BCUT2D eigenvalue weighted by atomic mass is 35.5. The van der Waals surface area contributed by atoms with E-state index in [1.807, 2.05) is 0 Å². The summed E-state index contributed by atoms with van der Waals surface area (Å²) < 4.78 is 26.2. The van der Waals surface area contributed by atoms with Crippen molar-refractivity contribution in [1.82, 2.24) is 0 Å². The van der Waals surface area contributed by atoms with Gasteiger partial charge in [-0.15, -0.1) is 0 Å². The number of rotatable bonds is 2. The first kappa shape index (κ1) is 11.4. The highest BCUT2D eigenvalue weighted by Crippen LogP contribution is 2.30. The van der Waals surface area contributed by atoms with Crippen LogP contribution < -0.4 is 0 Å². The SMILES string of the molecule is Fc1ccc(F)c(Sc2ccc(Cl)cc2)c1. The van der Waals surface area contributed by atoms with E-state index in [1.54, 1.807) is 24.3 Å². The van der Waals surface area contributed by atoms with Gasteiger partial charge in [0.1, 0.15) is 11.6 Å². The van der Waals surface area contributed by atoms with Gasteiger partial charge in [-0.25, -0.2) is 8.78 Å². The lowest BCUT2D eigenvalue weighted by molar-refractivity contribution is 0.577. The van der Waals surface area contributed by atoms with Gasteiger partial charge in [0.25, 0.3) is 0 Å². The molecular weight excluding hydrogens is 250 g/mol. The Bertz CT molecular complexity index is 497. The fraction of sp³-hybridized carbons (Fsp3) is 0. The fourth-order valence-corrected chi connectivity index (χ4v) is 2.17. The van der Waals surface area contributed by atoms with Crippen LogP contribution in [0.25, 0.3) is 0 Å². The van der Waals surface area contributed by atoms with Crippen LogP contribution in [0, 0.1) is 11.6 Å². The first-order valence-corrected chi connectivity index (χ1v) is 5.73. The molecule has 0 spiro atoms. The maximum absolute atomic E-state index is 13.3. The molecule has 82 valence electrons. The molecule has 0 saturated carbocycles. The van der Waals surface area contributed by atoms with Crippen LogP contribution in [0.3, 0.4) is 0 Å². The van der Waals surface area contributed by atoms with Crippen molar-refractivity contribution in [3.8, 4) is 0 Å². The Kier molecular flexibility index (Phi) is 3.46. The van der Waals surface area contributed by atoms with Crippen LogP contribution >= 0.6 is 23.4 Å². The molecule has 0 aliphatic heterocycles. The zero-order chi connectivity index (χ0) is 11.5. The smallest absolute Gasteiger partial charge is 0.137 e. The summed E-state index contributed by atoms with van der Waals surface area (Å²) in [5, 5.41) is 0.615. The Morgan fingerprint density at radius 2 is 1.62 bits per heavy atom. The second-order valence-electron chi connectivity index (χ2n) is 3.13. The lowest BCUT2D eigenvalue weighted by Crippen LogP contribution is -1.83. The van der Waals surface area contributed by atoms with Crippen LogP contribution in [0.1, 0.15) is 0 Å². The second-order valence-corrected chi connectivity index (χ2v) is 4.68. The number of benzene rings is 2. The van der Waals surface area contributed by atoms with E-state index >= 15 is 0 Å². The van der Waals surface area contributed by atoms with Crippen LogP contribution in [0.5, 0.6) is 0 Å². The largest absolute Gasteiger partial charge is 0.207 e. The third-order valence-corrected chi connectivity index (χ3v) is 3.23. The Morgan fingerprint density at radius 1 is 0.938 bits per heavy atom. The van der Waals surface area contributed by atoms with Crippen molar-refractivity contribution in [3.05, 3.63) is 59.1 Å². The van der Waals surface area contributed by atoms with Crippen molar-refractivity contribution in [3.63, 3.8) is 0 Å². The van der Waals surface area contributed by atoms with Gasteiger partial charge in [-0.05, 0) is 42.5 Å². The van der Waals surface area contributed by atoms with Gasteiger partial charge in [0, 0.05) is 9.92 Å². The van der Waals surface area contributed by atoms with Crippen molar-refractivity contribution in [2.75, 3.05) is 0 Å². The maximum atomic E-state index is 13.3. The molecule has 0 fully saturated rings. The Balaban J connectivity index is 2.26. The van der Waals surface area contributed by atoms with E-state index < -0.39 is 11.6 Å². The van der Waals surface area contributed by atoms with E-state index in [4.69, 9.17) is 11.6 Å². The zero-order valence-corrected chi connectivity index (χ0v) is 9.66. The summed E-state index contributed by atoms with van der Waals surface area (Å²) in [5.41, 5.74) is 0. The molecule has 0 aromatic heterocycles. The van der Waals surface area contributed by atoms with Gasteiger partial charge in [0.2, 0.25) is 0 Å². The van der Waals surface area contributed by atoms with Gasteiger partial charge >= 0.3 is 0 Å². The third kappa shape index (κ3) is 2.74. The molecule has 0 radical (unpaired) electrons. The normalized spacial score (nSPS) is 10.4. The predicted octanol–water partition coefficient (Wildman–Crippen LogP) is 4.77. The topological polar surface area (TPSA) is 0 Å². The van der Waals surface area contributed by atoms with Gasteiger partial charge in [0.15, 0.2) is 0 Å². The molecule has 0 heterocycles. The minimum absolute atomic E-state index is 0.266. The third-order valence-electron chi connectivity index (χ3n) is 1.93. The minimum Gasteiger partial charge on any atom is -0.207 e. The first-order chi connectivity index (χ1) is 7.65. The van der Waals surface area contributed by atoms with E-state index in [0.717, 1.165) is 28.8 Å². The van der Waals surface area contributed by atoms with Gasteiger partial charge in [0.05, 0.1) is 4.90 Å². The molecular formula is C12H7ClF2S. The first-order valence-electron chi connectivity index (χ1n) is 4.53. The van der Waals surface area contributed by atoms with Crippen LogP contribution in [0.15, 0.2) is 52.3 Å². The fourth-order valence-electron chi connectivity index (χ4n) is 1.19. The molecule has 0 nitrogen and oxygen atoms in total. The molecule has 0 atom stereocenters. The van der Waals surface area contributed by atoms with Gasteiger partial charge in [-0.3, -0.25) is 0 Å². The Hall–Kier alpha value is -1.06. The summed E-state index contributed by atoms with van der Waals surface area (Å²) in [6.07, 6.45) is 0. The quantitative estimate of drug-likeness (QED) is 0.746. The molecule has 0 N–H and O–H groups in total. The summed E-state index contributed by atoms with van der Waals surface area (Å²) in [6.45, 7) is 0. The molecule has 4 heteroatoms. The van der Waals surface area contributed by atoms with E-state index in [2.05, 4.69) is 0 Å². The standard InChI is InChI=1S/C12H7ClF2S/c13-8-1-4-10(5-2-8)16-12-7-9(14)3-6-11(12)15/h1-7H. The van der Waals surface area contributed by atoms with Crippen molar-refractivity contribution in [2.45, 2.75) is 9.79 Å². The zero-order valence-electron chi connectivity index (χ0n) is 8.08. The molecule has 0 unspecified atom stereocenters. The van der Waals surface area contributed by atoms with E-state index in [-0.39, 0.29) is 4.90 Å². The van der Waals surface area contributed by atoms with Gasteiger partial charge < -0.3 is 0 Å². The summed E-state index contributed by atoms with van der Waals surface area (Å²) in [5.74, 6) is -0.876. The summed E-state index contributed by atoms with van der Waals surface area (Å²) in [7, 11) is 0. The van der Waals surface area contributed by atoms with Crippen LogP contribution in [0.2, 0.25) is 5.02 Å². The second kappa shape index (κ2) is 4.85. The molecule has 16 heavy (non-hydrogen) atoms. The molecule has 2 aromatic rings. The lowest BCUT2D eigenvalue weighted by atomic mass is 10.3. The lowest BCUT2D eigenvalue weighted by Gasteiger charge is -2.03. The number of halogens is 3. The Morgan fingerprint density at radius 3 is 2.31 bits per heavy atom. The number of hydrogen-bond donors (Lipinski definition) is 0. The highest BCUT2D eigenvalue weighted by molar-refractivity contribution is 7.99. The van der Waals surface area contributed by atoms with E-state index in [1.165, 1.54) is 6.07 Å². The highest BCUT2D eigenvalue weighted by Gasteiger charge is 2.05. The van der Waals surface area contributed by atoms with Crippen molar-refractivity contribution < 1.29 is 8.78 Å². The van der Waals surface area contributed by atoms with E-state index in [9.17, 15) is 8.78 Å². The summed E-state index contributed by atoms with van der Waals surface area (Å²) >= 11 is 6.89. The summed E-state index contributed by atoms with van der Waals surface area (Å²) in [4.78, 5) is 1.08. The molecule has 0 aliphatic rings. The molecule has 0 bridgehead atoms. The molecule has 0 saturated heterocycles. The van der Waals surface area contributed by atoms with Crippen LogP contribution in [-0.4, -0.2) is 0 Å². The molecule has 2 aromatic carbocycles. The number of hydrogen-bond acceptors (Lipinski definition) is 1. The van der Waals surface area contributed by atoms with Crippen LogP contribution in [-0.2, 0) is 0 Å². The van der Waals surface area contributed by atoms with Gasteiger partial charge in [-0.2, -0.15) is 0 Å². The van der Waals surface area contributed by atoms with Crippen LogP contribution in [0.4, 0.5) is 8.78 Å². The van der Waals surface area contributed by atoms with E-state index in [0.29, 0.717) is 5.02 Å². The van der Waals surface area contributed by atoms with Crippen molar-refractivity contribution in [1.29, 1.82) is 0 Å². The van der Waals surface area contributed by atoms with Crippen molar-refractivity contribution in [2.24, 2.45) is 0 Å². The summed E-state index contributed by atoms with van der Waals surface area (Å²) in [6, 6.07) is 10.3. The monoisotopic (exact) mass is 256 g/mol. The maximum Gasteiger partial charge on any atom is 0.137 e. The molecule has 2 rings (SSSR count). The van der Waals surface area contributed by atoms with Crippen molar-refractivity contribution >= 4 is 23.4 Å². The average Bonchev–Trinajstić information content (AvgIpc) is 2.27. The Labute approximate surface area is 101 Å². The molecule has 0 aliphatic carbocycles. The average molecular weight is 257 g/mol. The van der Waals surface area contributed by atoms with Gasteiger partial charge in [-0.1, -0.05) is 23.4 Å². The molecule has 0 amide bonds.